The second-order valence-corrected chi connectivity index (χ2v) is 7.48. The second kappa shape index (κ2) is 5.88. The predicted molar refractivity (Wildman–Crippen MR) is 72.5 cm³/mol. The van der Waals surface area contributed by atoms with Crippen molar-refractivity contribution >= 4 is 15.8 Å². The van der Waals surface area contributed by atoms with Crippen LogP contribution < -0.4 is 0 Å². The summed E-state index contributed by atoms with van der Waals surface area (Å²) < 4.78 is 71.1. The van der Waals surface area contributed by atoms with Gasteiger partial charge in [-0.25, -0.2) is 21.6 Å². The van der Waals surface area contributed by atoms with Crippen molar-refractivity contribution in [2.45, 2.75) is 23.8 Å². The van der Waals surface area contributed by atoms with Crippen LogP contribution in [0.25, 0.3) is 0 Å². The van der Waals surface area contributed by atoms with E-state index in [1.807, 2.05) is 0 Å². The standard InChI is InChI=1S/C14H14F3NO4S/c15-9-3-4-11(13(17)12(9)16)23(20,21)18-5-6-22-10(7-18)14(19)8-1-2-8/h3-4,8,10H,1-2,5-7H2. The zero-order valence-electron chi connectivity index (χ0n) is 12.0. The van der Waals surface area contributed by atoms with Crippen molar-refractivity contribution in [1.29, 1.82) is 0 Å². The van der Waals surface area contributed by atoms with Crippen molar-refractivity contribution in [3.05, 3.63) is 29.6 Å². The fourth-order valence-corrected chi connectivity index (χ4v) is 3.97. The van der Waals surface area contributed by atoms with Crippen molar-refractivity contribution in [3.63, 3.8) is 0 Å². The molecule has 23 heavy (non-hydrogen) atoms. The van der Waals surface area contributed by atoms with Crippen LogP contribution in [0.3, 0.4) is 0 Å². The molecule has 0 N–H and O–H groups in total. The normalized spacial score (nSPS) is 23.0. The van der Waals surface area contributed by atoms with Gasteiger partial charge < -0.3 is 4.74 Å². The molecule has 0 bridgehead atoms. The summed E-state index contributed by atoms with van der Waals surface area (Å²) >= 11 is 0. The van der Waals surface area contributed by atoms with Gasteiger partial charge in [0.1, 0.15) is 11.0 Å². The Labute approximate surface area is 131 Å². The lowest BCUT2D eigenvalue weighted by atomic mass is 10.1. The van der Waals surface area contributed by atoms with Crippen LogP contribution in [0.5, 0.6) is 0 Å². The Balaban J connectivity index is 1.87. The Morgan fingerprint density at radius 3 is 2.52 bits per heavy atom. The van der Waals surface area contributed by atoms with E-state index in [4.69, 9.17) is 4.74 Å². The van der Waals surface area contributed by atoms with E-state index in [2.05, 4.69) is 0 Å². The minimum atomic E-state index is -4.38. The number of hydrogen-bond acceptors (Lipinski definition) is 4. The number of nitrogens with zero attached hydrogens (tertiary/aromatic N) is 1. The highest BCUT2D eigenvalue weighted by Gasteiger charge is 2.41. The molecule has 2 aliphatic rings. The van der Waals surface area contributed by atoms with E-state index in [9.17, 15) is 26.4 Å². The fourth-order valence-electron chi connectivity index (χ4n) is 2.49. The maximum Gasteiger partial charge on any atom is 0.246 e. The molecule has 1 aliphatic carbocycles. The summed E-state index contributed by atoms with van der Waals surface area (Å²) in [5.74, 6) is -5.35. The third-order valence-electron chi connectivity index (χ3n) is 3.94. The zero-order chi connectivity index (χ0) is 16.8. The molecular formula is C14H14F3NO4S. The molecular weight excluding hydrogens is 335 g/mol. The third kappa shape index (κ3) is 3.00. The van der Waals surface area contributed by atoms with E-state index in [-0.39, 0.29) is 31.4 Å². The maximum absolute atomic E-state index is 13.8. The van der Waals surface area contributed by atoms with Gasteiger partial charge in [0.25, 0.3) is 0 Å². The Hall–Kier alpha value is -1.45. The van der Waals surface area contributed by atoms with E-state index in [0.29, 0.717) is 12.1 Å². The lowest BCUT2D eigenvalue weighted by Gasteiger charge is -2.31. The Bertz CT molecular complexity index is 749. The highest BCUT2D eigenvalue weighted by atomic mass is 32.2. The number of ketones is 1. The minimum Gasteiger partial charge on any atom is -0.368 e. The van der Waals surface area contributed by atoms with Gasteiger partial charge in [0, 0.05) is 19.0 Å². The molecule has 5 nitrogen and oxygen atoms in total. The van der Waals surface area contributed by atoms with Crippen LogP contribution in [0.2, 0.25) is 0 Å². The summed E-state index contributed by atoms with van der Waals surface area (Å²) in [6.07, 6.45) is 0.603. The van der Waals surface area contributed by atoms with E-state index in [1.54, 1.807) is 0 Å². The van der Waals surface area contributed by atoms with Crippen LogP contribution in [0.15, 0.2) is 17.0 Å². The summed E-state index contributed by atoms with van der Waals surface area (Å²) in [5.41, 5.74) is 0. The zero-order valence-corrected chi connectivity index (χ0v) is 12.8. The van der Waals surface area contributed by atoms with Gasteiger partial charge in [-0.15, -0.1) is 0 Å². The Morgan fingerprint density at radius 2 is 1.87 bits per heavy atom. The number of ether oxygens (including phenoxy) is 1. The SMILES string of the molecule is O=C(C1CC1)C1CN(S(=O)(=O)c2ccc(F)c(F)c2F)CCO1. The molecule has 1 heterocycles. The number of morpholine rings is 1. The first-order valence-corrected chi connectivity index (χ1v) is 8.55. The van der Waals surface area contributed by atoms with Gasteiger partial charge in [0.05, 0.1) is 6.61 Å². The average molecular weight is 349 g/mol. The van der Waals surface area contributed by atoms with Crippen molar-refractivity contribution in [3.8, 4) is 0 Å². The number of carbonyl (C=O) groups is 1. The Kier molecular flexibility index (Phi) is 4.19. The number of sulfonamides is 1. The summed E-state index contributed by atoms with van der Waals surface area (Å²) in [6.45, 7) is -0.362. The molecule has 0 spiro atoms. The first-order valence-electron chi connectivity index (χ1n) is 7.11. The molecule has 1 aliphatic heterocycles. The molecule has 1 aromatic rings. The summed E-state index contributed by atoms with van der Waals surface area (Å²) in [5, 5.41) is 0. The van der Waals surface area contributed by atoms with E-state index >= 15 is 0 Å². The van der Waals surface area contributed by atoms with Crippen LogP contribution >= 0.6 is 0 Å². The Morgan fingerprint density at radius 1 is 1.17 bits per heavy atom. The van der Waals surface area contributed by atoms with Crippen LogP contribution in [-0.2, 0) is 19.6 Å². The first-order chi connectivity index (χ1) is 10.8. The van der Waals surface area contributed by atoms with Crippen molar-refractivity contribution in [2.75, 3.05) is 19.7 Å². The smallest absolute Gasteiger partial charge is 0.246 e. The van der Waals surface area contributed by atoms with Gasteiger partial charge in [-0.1, -0.05) is 0 Å². The van der Waals surface area contributed by atoms with Gasteiger partial charge in [0.2, 0.25) is 10.0 Å². The second-order valence-electron chi connectivity index (χ2n) is 5.57. The molecule has 2 fully saturated rings. The number of benzene rings is 1. The first kappa shape index (κ1) is 16.4. The number of Topliss-reactive ketones (excluding diaryl/α,β-unsaturated/α-hetero) is 1. The maximum atomic E-state index is 13.8. The third-order valence-corrected chi connectivity index (χ3v) is 5.83. The molecule has 1 saturated heterocycles. The molecule has 3 rings (SSSR count). The monoisotopic (exact) mass is 349 g/mol. The number of halogens is 3. The molecule has 126 valence electrons. The molecule has 9 heteroatoms. The highest BCUT2D eigenvalue weighted by molar-refractivity contribution is 7.89. The van der Waals surface area contributed by atoms with Crippen LogP contribution in [-0.4, -0.2) is 44.3 Å². The molecule has 0 amide bonds. The van der Waals surface area contributed by atoms with Gasteiger partial charge in [-0.05, 0) is 25.0 Å². The number of hydrogen-bond donors (Lipinski definition) is 0. The van der Waals surface area contributed by atoms with Crippen LogP contribution in [0, 0.1) is 23.4 Å². The summed E-state index contributed by atoms with van der Waals surface area (Å²) in [7, 11) is -4.38. The van der Waals surface area contributed by atoms with Crippen molar-refractivity contribution in [2.24, 2.45) is 5.92 Å². The predicted octanol–water partition coefficient (Wildman–Crippen LogP) is 1.47. The van der Waals surface area contributed by atoms with Gasteiger partial charge in [-0.2, -0.15) is 4.31 Å². The highest BCUT2D eigenvalue weighted by Crippen LogP contribution is 2.33. The number of rotatable bonds is 4. The van der Waals surface area contributed by atoms with Crippen LogP contribution in [0.1, 0.15) is 12.8 Å². The molecule has 0 aromatic heterocycles. The van der Waals surface area contributed by atoms with E-state index in [0.717, 1.165) is 17.1 Å². The number of carbonyl (C=O) groups excluding carboxylic acids is 1. The summed E-state index contributed by atoms with van der Waals surface area (Å²) in [6, 6.07) is 1.23. The fraction of sp³-hybridized carbons (Fsp3) is 0.500. The topological polar surface area (TPSA) is 63.7 Å². The van der Waals surface area contributed by atoms with Crippen molar-refractivity contribution in [1.82, 2.24) is 4.31 Å². The van der Waals surface area contributed by atoms with Crippen LogP contribution in [0.4, 0.5) is 13.2 Å². The quantitative estimate of drug-likeness (QED) is 0.773. The summed E-state index contributed by atoms with van der Waals surface area (Å²) in [4.78, 5) is 11.1. The molecule has 1 saturated carbocycles. The lowest BCUT2D eigenvalue weighted by molar-refractivity contribution is -0.135. The van der Waals surface area contributed by atoms with E-state index in [1.165, 1.54) is 0 Å². The van der Waals surface area contributed by atoms with Crippen molar-refractivity contribution < 1.29 is 31.1 Å². The van der Waals surface area contributed by atoms with Gasteiger partial charge >= 0.3 is 0 Å². The largest absolute Gasteiger partial charge is 0.368 e. The lowest BCUT2D eigenvalue weighted by Crippen LogP contribution is -2.49. The van der Waals surface area contributed by atoms with Gasteiger partial charge in [-0.3, -0.25) is 4.79 Å². The molecule has 1 unspecified atom stereocenters. The molecule has 1 atom stereocenters. The van der Waals surface area contributed by atoms with E-state index < -0.39 is 38.5 Å². The molecule has 0 radical (unpaired) electrons. The average Bonchev–Trinajstić information content (AvgIpc) is 3.36. The minimum absolute atomic E-state index is 0.0202. The molecule has 1 aromatic carbocycles. The van der Waals surface area contributed by atoms with Gasteiger partial charge in [0.15, 0.2) is 23.2 Å².